The first-order valence-electron chi connectivity index (χ1n) is 5.46. The fourth-order valence-electron chi connectivity index (χ4n) is 1.23. The first-order valence-corrected chi connectivity index (χ1v) is 5.46. The Morgan fingerprint density at radius 1 is 1.56 bits per heavy atom. The Bertz CT molecular complexity index is 355. The van der Waals surface area contributed by atoms with E-state index in [4.69, 9.17) is 5.73 Å². The van der Waals surface area contributed by atoms with E-state index in [2.05, 4.69) is 10.3 Å². The topological polar surface area (TPSA) is 68.0 Å². The van der Waals surface area contributed by atoms with Gasteiger partial charge in [0, 0.05) is 24.0 Å². The van der Waals surface area contributed by atoms with Crippen molar-refractivity contribution in [1.29, 1.82) is 0 Å². The van der Waals surface area contributed by atoms with Crippen LogP contribution in [-0.2, 0) is 0 Å². The monoisotopic (exact) mass is 221 g/mol. The van der Waals surface area contributed by atoms with E-state index in [1.165, 1.54) is 0 Å². The number of nitrogens with two attached hydrogens (primary N) is 1. The summed E-state index contributed by atoms with van der Waals surface area (Å²) in [5.74, 6) is -0.123. The van der Waals surface area contributed by atoms with Crippen LogP contribution in [-0.4, -0.2) is 23.0 Å². The molecule has 1 heterocycles. The van der Waals surface area contributed by atoms with E-state index >= 15 is 0 Å². The van der Waals surface area contributed by atoms with Gasteiger partial charge in [-0.15, -0.1) is 0 Å². The van der Waals surface area contributed by atoms with Gasteiger partial charge in [-0.2, -0.15) is 0 Å². The first kappa shape index (κ1) is 12.6. The molecule has 0 aliphatic rings. The molecule has 3 N–H and O–H groups in total. The van der Waals surface area contributed by atoms with Crippen LogP contribution in [0.5, 0.6) is 0 Å². The first-order chi connectivity index (χ1) is 7.50. The Hall–Kier alpha value is -1.42. The molecule has 4 nitrogen and oxygen atoms in total. The number of carbonyl (C=O) groups excluding carboxylic acids is 1. The third-order valence-corrected chi connectivity index (χ3v) is 2.82. The van der Waals surface area contributed by atoms with E-state index in [0.717, 1.165) is 12.1 Å². The summed E-state index contributed by atoms with van der Waals surface area (Å²) >= 11 is 0. The number of pyridine rings is 1. The molecule has 0 aliphatic carbocycles. The van der Waals surface area contributed by atoms with E-state index in [1.54, 1.807) is 12.3 Å². The predicted molar refractivity (Wildman–Crippen MR) is 64.2 cm³/mol. The van der Waals surface area contributed by atoms with Gasteiger partial charge in [0.15, 0.2) is 0 Å². The number of hydrogen-bond donors (Lipinski definition) is 2. The lowest BCUT2D eigenvalue weighted by molar-refractivity contribution is 0.0906. The molecule has 0 aromatic carbocycles. The maximum absolute atomic E-state index is 11.9. The van der Waals surface area contributed by atoms with E-state index in [-0.39, 0.29) is 11.4 Å². The van der Waals surface area contributed by atoms with Gasteiger partial charge in [0.1, 0.15) is 0 Å². The van der Waals surface area contributed by atoms with Gasteiger partial charge >= 0.3 is 0 Å². The van der Waals surface area contributed by atoms with Gasteiger partial charge in [0.2, 0.25) is 0 Å². The van der Waals surface area contributed by atoms with Crippen LogP contribution in [0.2, 0.25) is 0 Å². The molecular weight excluding hydrogens is 202 g/mol. The minimum atomic E-state index is -0.345. The van der Waals surface area contributed by atoms with Crippen molar-refractivity contribution in [3.8, 4) is 0 Å². The molecule has 0 saturated heterocycles. The van der Waals surface area contributed by atoms with Gasteiger partial charge in [0.25, 0.3) is 5.91 Å². The van der Waals surface area contributed by atoms with Gasteiger partial charge in [-0.25, -0.2) is 0 Å². The van der Waals surface area contributed by atoms with Crippen LogP contribution in [0.25, 0.3) is 0 Å². The minimum Gasteiger partial charge on any atom is -0.346 e. The second kappa shape index (κ2) is 5.07. The summed E-state index contributed by atoms with van der Waals surface area (Å²) in [6.07, 6.45) is 2.38. The summed E-state index contributed by atoms with van der Waals surface area (Å²) in [7, 11) is 0. The number of aromatic nitrogens is 1. The smallest absolute Gasteiger partial charge is 0.253 e. The molecule has 0 radical (unpaired) electrons. The second-order valence-electron chi connectivity index (χ2n) is 4.26. The summed E-state index contributed by atoms with van der Waals surface area (Å²) in [5, 5.41) is 2.92. The summed E-state index contributed by atoms with van der Waals surface area (Å²) in [6, 6.07) is 3.59. The Morgan fingerprint density at radius 2 is 2.25 bits per heavy atom. The maximum atomic E-state index is 11.9. The summed E-state index contributed by atoms with van der Waals surface area (Å²) in [4.78, 5) is 16.0. The number of nitrogens with one attached hydrogen (secondary N) is 1. The molecular formula is C12H19N3O. The molecule has 1 unspecified atom stereocenters. The Kier molecular flexibility index (Phi) is 4.01. The van der Waals surface area contributed by atoms with Crippen LogP contribution in [0.3, 0.4) is 0 Å². The van der Waals surface area contributed by atoms with Crippen molar-refractivity contribution in [1.82, 2.24) is 10.3 Å². The number of amides is 1. The fourth-order valence-corrected chi connectivity index (χ4v) is 1.23. The Balaban J connectivity index is 2.76. The quantitative estimate of drug-likeness (QED) is 0.804. The highest BCUT2D eigenvalue weighted by atomic mass is 16.1. The highest BCUT2D eigenvalue weighted by Crippen LogP contribution is 2.08. The number of hydrogen-bond acceptors (Lipinski definition) is 3. The zero-order valence-corrected chi connectivity index (χ0v) is 10.1. The van der Waals surface area contributed by atoms with Crippen molar-refractivity contribution >= 4 is 5.91 Å². The molecule has 1 aromatic heterocycles. The third kappa shape index (κ3) is 3.03. The molecule has 1 aromatic rings. The Labute approximate surface area is 96.3 Å². The molecule has 88 valence electrons. The fraction of sp³-hybridized carbons (Fsp3) is 0.500. The molecule has 1 amide bonds. The number of rotatable bonds is 4. The SMILES string of the molecule is CCC(C)(CN)NC(=O)c1ccc(C)nc1. The van der Waals surface area contributed by atoms with Crippen LogP contribution >= 0.6 is 0 Å². The van der Waals surface area contributed by atoms with Crippen molar-refractivity contribution in [2.45, 2.75) is 32.7 Å². The zero-order valence-electron chi connectivity index (χ0n) is 10.1. The van der Waals surface area contributed by atoms with Crippen LogP contribution < -0.4 is 11.1 Å². The van der Waals surface area contributed by atoms with Crippen LogP contribution in [0.1, 0.15) is 36.3 Å². The van der Waals surface area contributed by atoms with E-state index in [0.29, 0.717) is 12.1 Å². The van der Waals surface area contributed by atoms with Crippen LogP contribution in [0, 0.1) is 6.92 Å². The van der Waals surface area contributed by atoms with Gasteiger partial charge in [-0.3, -0.25) is 9.78 Å². The largest absolute Gasteiger partial charge is 0.346 e. The average Bonchev–Trinajstić information content (AvgIpc) is 2.29. The van der Waals surface area contributed by atoms with E-state index in [1.807, 2.05) is 26.8 Å². The molecule has 0 fully saturated rings. The van der Waals surface area contributed by atoms with E-state index < -0.39 is 0 Å². The highest BCUT2D eigenvalue weighted by Gasteiger charge is 2.22. The standard InChI is InChI=1S/C12H19N3O/c1-4-12(3,8-13)15-11(16)10-6-5-9(2)14-7-10/h5-7H,4,8,13H2,1-3H3,(H,15,16). The van der Waals surface area contributed by atoms with Crippen molar-refractivity contribution < 1.29 is 4.79 Å². The van der Waals surface area contributed by atoms with Crippen molar-refractivity contribution in [3.05, 3.63) is 29.6 Å². The average molecular weight is 221 g/mol. The molecule has 1 rings (SSSR count). The molecule has 0 bridgehead atoms. The maximum Gasteiger partial charge on any atom is 0.253 e. The molecule has 0 spiro atoms. The normalized spacial score (nSPS) is 14.2. The van der Waals surface area contributed by atoms with Gasteiger partial charge in [0.05, 0.1) is 5.56 Å². The zero-order chi connectivity index (χ0) is 12.2. The van der Waals surface area contributed by atoms with Gasteiger partial charge < -0.3 is 11.1 Å². The number of carbonyl (C=O) groups is 1. The van der Waals surface area contributed by atoms with Crippen molar-refractivity contribution in [2.24, 2.45) is 5.73 Å². The lowest BCUT2D eigenvalue weighted by atomic mass is 9.99. The van der Waals surface area contributed by atoms with Crippen LogP contribution in [0.15, 0.2) is 18.3 Å². The summed E-state index contributed by atoms with van der Waals surface area (Å²) in [5.41, 5.74) is 6.76. The summed E-state index contributed by atoms with van der Waals surface area (Å²) in [6.45, 7) is 6.25. The molecule has 16 heavy (non-hydrogen) atoms. The van der Waals surface area contributed by atoms with Crippen molar-refractivity contribution in [2.75, 3.05) is 6.54 Å². The molecule has 0 saturated carbocycles. The lowest BCUT2D eigenvalue weighted by Gasteiger charge is -2.27. The van der Waals surface area contributed by atoms with Gasteiger partial charge in [-0.05, 0) is 32.4 Å². The Morgan fingerprint density at radius 3 is 2.69 bits per heavy atom. The summed E-state index contributed by atoms with van der Waals surface area (Å²) < 4.78 is 0. The van der Waals surface area contributed by atoms with E-state index in [9.17, 15) is 4.79 Å². The van der Waals surface area contributed by atoms with Crippen molar-refractivity contribution in [3.63, 3.8) is 0 Å². The number of nitrogens with zero attached hydrogens (tertiary/aromatic N) is 1. The lowest BCUT2D eigenvalue weighted by Crippen LogP contribution is -2.50. The van der Waals surface area contributed by atoms with Crippen LogP contribution in [0.4, 0.5) is 0 Å². The third-order valence-electron chi connectivity index (χ3n) is 2.82. The minimum absolute atomic E-state index is 0.123. The predicted octanol–water partition coefficient (Wildman–Crippen LogP) is 1.25. The second-order valence-corrected chi connectivity index (χ2v) is 4.26. The van der Waals surface area contributed by atoms with Gasteiger partial charge in [-0.1, -0.05) is 6.92 Å². The molecule has 1 atom stereocenters. The number of aryl methyl sites for hydroxylation is 1. The molecule has 0 aliphatic heterocycles. The highest BCUT2D eigenvalue weighted by molar-refractivity contribution is 5.94. The molecule has 4 heteroatoms.